The summed E-state index contributed by atoms with van der Waals surface area (Å²) in [5.74, 6) is 2.05. The topological polar surface area (TPSA) is 96.9 Å². The van der Waals surface area contributed by atoms with Gasteiger partial charge in [0.2, 0.25) is 5.95 Å². The number of nitrogens with two attached hydrogens (primary N) is 1. The van der Waals surface area contributed by atoms with E-state index in [-0.39, 0.29) is 12.1 Å². The largest absolute Gasteiger partial charge is 0.379 e. The number of rotatable bonds is 3. The van der Waals surface area contributed by atoms with Crippen molar-refractivity contribution in [3.8, 4) is 0 Å². The summed E-state index contributed by atoms with van der Waals surface area (Å²) in [5, 5.41) is 1.05. The molecular formula is C26H32N6O2S. The minimum Gasteiger partial charge on any atom is -0.379 e. The van der Waals surface area contributed by atoms with Crippen molar-refractivity contribution in [2.75, 3.05) is 48.4 Å². The quantitative estimate of drug-likeness (QED) is 0.600. The van der Waals surface area contributed by atoms with Crippen molar-refractivity contribution < 1.29 is 8.95 Å². The molecule has 0 spiro atoms. The van der Waals surface area contributed by atoms with E-state index in [1.807, 2.05) is 18.2 Å². The number of nitrogens with zero attached hydrogens (tertiary/aromatic N) is 5. The van der Waals surface area contributed by atoms with Gasteiger partial charge in [0.25, 0.3) is 0 Å². The minimum atomic E-state index is -2.57. The molecule has 2 N–H and O–H groups in total. The molecule has 2 fully saturated rings. The minimum absolute atomic E-state index is 0.00626. The van der Waals surface area contributed by atoms with Gasteiger partial charge in [-0.15, -0.1) is 0 Å². The summed E-state index contributed by atoms with van der Waals surface area (Å²) in [6, 6.07) is 14.5. The number of anilines is 2. The van der Waals surface area contributed by atoms with Crippen molar-refractivity contribution >= 4 is 32.4 Å². The number of hydrogen-bond acceptors (Lipinski definition) is 8. The normalized spacial score (nSPS) is 26.7. The van der Waals surface area contributed by atoms with Crippen LogP contribution in [0.2, 0.25) is 0 Å². The van der Waals surface area contributed by atoms with E-state index in [4.69, 9.17) is 24.8 Å². The summed E-state index contributed by atoms with van der Waals surface area (Å²) >= 11 is 0. The lowest BCUT2D eigenvalue weighted by atomic mass is 10.1. The van der Waals surface area contributed by atoms with Crippen molar-refractivity contribution in [3.05, 3.63) is 53.6 Å². The smallest absolute Gasteiger partial charge is 0.228 e. The van der Waals surface area contributed by atoms with Gasteiger partial charge in [-0.1, -0.05) is 29.8 Å². The fourth-order valence-corrected chi connectivity index (χ4v) is 7.66. The summed E-state index contributed by atoms with van der Waals surface area (Å²) in [4.78, 5) is 15.3. The van der Waals surface area contributed by atoms with E-state index in [2.05, 4.69) is 41.0 Å². The van der Waals surface area contributed by atoms with Gasteiger partial charge in [-0.3, -0.25) is 0 Å². The van der Waals surface area contributed by atoms with Gasteiger partial charge < -0.3 is 20.3 Å². The highest BCUT2D eigenvalue weighted by atomic mass is 32.2. The number of benzene rings is 2. The molecule has 0 saturated carbocycles. The van der Waals surface area contributed by atoms with Crippen molar-refractivity contribution in [3.63, 3.8) is 0 Å². The van der Waals surface area contributed by atoms with Crippen LogP contribution in [0.1, 0.15) is 24.0 Å². The van der Waals surface area contributed by atoms with Crippen LogP contribution in [0.5, 0.6) is 0 Å². The lowest BCUT2D eigenvalue weighted by molar-refractivity contribution is 0.194. The molecule has 0 aliphatic carbocycles. The van der Waals surface area contributed by atoms with Crippen molar-refractivity contribution in [1.29, 1.82) is 0 Å². The molecule has 1 aromatic heterocycles. The molecule has 184 valence electrons. The van der Waals surface area contributed by atoms with Gasteiger partial charge in [0.05, 0.1) is 38.5 Å². The zero-order chi connectivity index (χ0) is 24.0. The highest BCUT2D eigenvalue weighted by molar-refractivity contribution is 7.93. The second-order valence-corrected chi connectivity index (χ2v) is 12.2. The first-order valence-electron chi connectivity index (χ1n) is 12.4. The predicted molar refractivity (Wildman–Crippen MR) is 139 cm³/mol. The Bertz CT molecular complexity index is 1380. The molecule has 3 aromatic rings. The Labute approximate surface area is 206 Å². The fourth-order valence-electron chi connectivity index (χ4n) is 5.28. The van der Waals surface area contributed by atoms with Crippen LogP contribution >= 0.6 is 0 Å². The van der Waals surface area contributed by atoms with Crippen molar-refractivity contribution in [2.24, 2.45) is 10.1 Å². The Morgan fingerprint density at radius 2 is 2.00 bits per heavy atom. The zero-order valence-corrected chi connectivity index (χ0v) is 20.9. The fraction of sp³-hybridized carbons (Fsp3) is 0.462. The standard InChI is InChI=1S/C26H32N6O2S/c1-18-6-7-23-22(14-18)25(31-10-8-20(27)16-31)29-26(28-23)32-11-13-35(33,30-21-9-12-34-17-21)24-5-3-2-4-19(24)15-32/h2-7,14,20-21H,8-13,15-17,27H2,1H3/t20-,21?,35?/m1/s1. The number of hydrogen-bond donors (Lipinski definition) is 1. The molecule has 2 aromatic carbocycles. The van der Waals surface area contributed by atoms with Crippen LogP contribution in [0.25, 0.3) is 10.9 Å². The Morgan fingerprint density at radius 1 is 1.11 bits per heavy atom. The Morgan fingerprint density at radius 3 is 2.80 bits per heavy atom. The zero-order valence-electron chi connectivity index (χ0n) is 20.1. The summed E-state index contributed by atoms with van der Waals surface area (Å²) in [6.07, 6.45) is 1.79. The van der Waals surface area contributed by atoms with Gasteiger partial charge in [0, 0.05) is 44.2 Å². The summed E-state index contributed by atoms with van der Waals surface area (Å²) in [7, 11) is -2.57. The van der Waals surface area contributed by atoms with E-state index in [1.54, 1.807) is 0 Å². The van der Waals surface area contributed by atoms with Gasteiger partial charge in [0.15, 0.2) is 0 Å². The second kappa shape index (κ2) is 9.04. The first-order valence-corrected chi connectivity index (χ1v) is 14.1. The van der Waals surface area contributed by atoms with E-state index >= 15 is 0 Å². The van der Waals surface area contributed by atoms with Crippen LogP contribution in [0, 0.1) is 6.92 Å². The van der Waals surface area contributed by atoms with E-state index in [0.29, 0.717) is 38.0 Å². The van der Waals surface area contributed by atoms with Crippen LogP contribution in [-0.4, -0.2) is 64.9 Å². The first-order chi connectivity index (χ1) is 17.0. The molecule has 0 bridgehead atoms. The SMILES string of the molecule is Cc1ccc2nc(N3CCS(=O)(=NC4CCOC4)c4ccccc4C3)nc(N3CC[C@@H](N)C3)c2c1. The highest BCUT2D eigenvalue weighted by Gasteiger charge is 2.29. The summed E-state index contributed by atoms with van der Waals surface area (Å²) < 4.78 is 24.6. The maximum absolute atomic E-state index is 14.2. The van der Waals surface area contributed by atoms with Gasteiger partial charge in [-0.25, -0.2) is 13.6 Å². The second-order valence-electron chi connectivity index (χ2n) is 9.86. The molecule has 0 amide bonds. The van der Waals surface area contributed by atoms with Gasteiger partial charge in [-0.2, -0.15) is 4.98 Å². The van der Waals surface area contributed by atoms with Crippen molar-refractivity contribution in [2.45, 2.75) is 43.3 Å². The third-order valence-electron chi connectivity index (χ3n) is 7.17. The highest BCUT2D eigenvalue weighted by Crippen LogP contribution is 2.32. The first kappa shape index (κ1) is 22.7. The lowest BCUT2D eigenvalue weighted by Crippen LogP contribution is -2.30. The van der Waals surface area contributed by atoms with Gasteiger partial charge >= 0.3 is 0 Å². The third kappa shape index (κ3) is 4.37. The Hall–Kier alpha value is -2.75. The molecule has 2 unspecified atom stereocenters. The number of aryl methyl sites for hydroxylation is 1. The monoisotopic (exact) mass is 492 g/mol. The molecule has 3 atom stereocenters. The Balaban J connectivity index is 1.43. The molecule has 6 rings (SSSR count). The van der Waals surface area contributed by atoms with E-state index < -0.39 is 9.73 Å². The molecule has 8 nitrogen and oxygen atoms in total. The predicted octanol–water partition coefficient (Wildman–Crippen LogP) is 3.11. The lowest BCUT2D eigenvalue weighted by Gasteiger charge is -2.25. The molecule has 9 heteroatoms. The summed E-state index contributed by atoms with van der Waals surface area (Å²) in [5.41, 5.74) is 9.36. The maximum Gasteiger partial charge on any atom is 0.228 e. The van der Waals surface area contributed by atoms with E-state index in [0.717, 1.165) is 53.1 Å². The third-order valence-corrected chi connectivity index (χ3v) is 9.63. The molecular weight excluding hydrogens is 460 g/mol. The molecule has 4 heterocycles. The van der Waals surface area contributed by atoms with E-state index in [9.17, 15) is 4.21 Å². The number of ether oxygens (including phenoxy) is 1. The summed E-state index contributed by atoms with van der Waals surface area (Å²) in [6.45, 7) is 6.18. The average molecular weight is 493 g/mol. The number of fused-ring (bicyclic) bond motifs is 2. The van der Waals surface area contributed by atoms with Gasteiger partial charge in [-0.05, 0) is 43.5 Å². The van der Waals surface area contributed by atoms with Crippen LogP contribution in [0.3, 0.4) is 0 Å². The average Bonchev–Trinajstić information content (AvgIpc) is 3.50. The maximum atomic E-state index is 14.2. The molecule has 3 aliphatic rings. The van der Waals surface area contributed by atoms with Crippen LogP contribution < -0.4 is 15.5 Å². The van der Waals surface area contributed by atoms with Crippen molar-refractivity contribution in [1.82, 2.24) is 9.97 Å². The van der Waals surface area contributed by atoms with E-state index in [1.165, 1.54) is 5.56 Å². The Kier molecular flexibility index (Phi) is 5.86. The van der Waals surface area contributed by atoms with Crippen LogP contribution in [0.15, 0.2) is 51.7 Å². The molecule has 35 heavy (non-hydrogen) atoms. The molecule has 3 aliphatic heterocycles. The molecule has 2 saturated heterocycles. The molecule has 0 radical (unpaired) electrons. The van der Waals surface area contributed by atoms with Crippen LogP contribution in [0.4, 0.5) is 11.8 Å². The number of aromatic nitrogens is 2. The van der Waals surface area contributed by atoms with Gasteiger partial charge in [0.1, 0.15) is 5.82 Å². The van der Waals surface area contributed by atoms with Crippen LogP contribution in [-0.2, 0) is 21.0 Å².